The molecule has 2 aliphatic rings. The third kappa shape index (κ3) is 3.94. The summed E-state index contributed by atoms with van der Waals surface area (Å²) in [6.45, 7) is 8.14. The molecule has 2 aromatic heterocycles. The number of nitrogens with zero attached hydrogens (tertiary/aromatic N) is 6. The van der Waals surface area contributed by atoms with Crippen LogP contribution in [0.3, 0.4) is 0 Å². The van der Waals surface area contributed by atoms with Gasteiger partial charge in [0.05, 0.1) is 31.1 Å². The third-order valence-corrected chi connectivity index (χ3v) is 5.54. The van der Waals surface area contributed by atoms with E-state index in [4.69, 9.17) is 4.74 Å². The van der Waals surface area contributed by atoms with Gasteiger partial charge in [-0.2, -0.15) is 4.98 Å². The summed E-state index contributed by atoms with van der Waals surface area (Å²) in [5.41, 5.74) is 4.33. The maximum absolute atomic E-state index is 5.34. The number of ether oxygens (including phenoxy) is 1. The first kappa shape index (κ1) is 18.1. The van der Waals surface area contributed by atoms with Crippen LogP contribution >= 0.6 is 0 Å². The molecule has 3 aromatic rings. The third-order valence-electron chi connectivity index (χ3n) is 5.54. The summed E-state index contributed by atoms with van der Waals surface area (Å²) in [4.78, 5) is 13.5. The van der Waals surface area contributed by atoms with Gasteiger partial charge >= 0.3 is 0 Å². The summed E-state index contributed by atoms with van der Waals surface area (Å²) < 4.78 is 7.05. The predicted octanol–water partition coefficient (Wildman–Crippen LogP) is 2.48. The standard InChI is InChI=1S/C21H25N7O.H2/c1-16-9-17(24-21-23-15-28(25-21)18-3-2-4-22-12-18)11-19(10-16)26-5-7-27(8-6-26)20-13-29-14-20;/h2-4,9-12,15,20H,5-8,13-14H2,1H3,(H,24,25);1H. The molecule has 0 saturated carbocycles. The van der Waals surface area contributed by atoms with Crippen molar-refractivity contribution in [3.63, 3.8) is 0 Å². The number of nitrogens with one attached hydrogen (secondary N) is 1. The van der Waals surface area contributed by atoms with Crippen molar-refractivity contribution in [3.8, 4) is 5.69 Å². The highest BCUT2D eigenvalue weighted by molar-refractivity contribution is 5.64. The van der Waals surface area contributed by atoms with E-state index in [0.717, 1.165) is 50.8 Å². The van der Waals surface area contributed by atoms with Crippen LogP contribution in [0.15, 0.2) is 49.1 Å². The lowest BCUT2D eigenvalue weighted by molar-refractivity contribution is -0.0660. The fourth-order valence-corrected chi connectivity index (χ4v) is 3.86. The molecular weight excluding hydrogens is 366 g/mol. The van der Waals surface area contributed by atoms with Gasteiger partial charge in [0, 0.05) is 45.2 Å². The van der Waals surface area contributed by atoms with E-state index < -0.39 is 0 Å². The zero-order valence-corrected chi connectivity index (χ0v) is 16.5. The summed E-state index contributed by atoms with van der Waals surface area (Å²) in [5, 5.41) is 7.86. The van der Waals surface area contributed by atoms with Crippen molar-refractivity contribution in [1.29, 1.82) is 0 Å². The smallest absolute Gasteiger partial charge is 0.246 e. The summed E-state index contributed by atoms with van der Waals surface area (Å²) in [5.74, 6) is 0.570. The van der Waals surface area contributed by atoms with Gasteiger partial charge in [-0.1, -0.05) is 0 Å². The highest BCUT2D eigenvalue weighted by atomic mass is 16.5. The van der Waals surface area contributed by atoms with Gasteiger partial charge in [0.2, 0.25) is 5.95 Å². The number of piperazine rings is 1. The fraction of sp³-hybridized carbons (Fsp3) is 0.381. The Balaban J connectivity index is 0.00000218. The topological polar surface area (TPSA) is 71.3 Å². The van der Waals surface area contributed by atoms with Crippen LogP contribution in [0, 0.1) is 6.92 Å². The second kappa shape index (κ2) is 7.81. The molecule has 2 fully saturated rings. The molecule has 4 heterocycles. The molecule has 1 aromatic carbocycles. The van der Waals surface area contributed by atoms with Crippen molar-refractivity contribution >= 4 is 17.3 Å². The molecule has 0 atom stereocenters. The van der Waals surface area contributed by atoms with Crippen molar-refractivity contribution in [2.24, 2.45) is 0 Å². The number of aromatic nitrogens is 4. The van der Waals surface area contributed by atoms with E-state index in [2.05, 4.69) is 55.3 Å². The molecule has 0 spiro atoms. The first-order valence-electron chi connectivity index (χ1n) is 10.0. The Kier molecular flexibility index (Phi) is 4.87. The molecule has 0 unspecified atom stereocenters. The fourth-order valence-electron chi connectivity index (χ4n) is 3.86. The van der Waals surface area contributed by atoms with E-state index in [0.29, 0.717) is 12.0 Å². The van der Waals surface area contributed by atoms with Crippen molar-refractivity contribution in [1.82, 2.24) is 24.6 Å². The molecule has 5 rings (SSSR count). The zero-order valence-electron chi connectivity index (χ0n) is 16.5. The Labute approximate surface area is 171 Å². The number of rotatable bonds is 5. The molecule has 8 heteroatoms. The van der Waals surface area contributed by atoms with Crippen LogP contribution in [0.25, 0.3) is 5.69 Å². The van der Waals surface area contributed by atoms with E-state index in [1.165, 1.54) is 11.3 Å². The maximum Gasteiger partial charge on any atom is 0.246 e. The highest BCUT2D eigenvalue weighted by Crippen LogP contribution is 2.26. The molecule has 2 saturated heterocycles. The average Bonchev–Trinajstić information content (AvgIpc) is 3.16. The maximum atomic E-state index is 5.34. The minimum atomic E-state index is 0. The van der Waals surface area contributed by atoms with Gasteiger partial charge in [0.1, 0.15) is 6.33 Å². The van der Waals surface area contributed by atoms with Crippen LogP contribution < -0.4 is 10.2 Å². The van der Waals surface area contributed by atoms with Gasteiger partial charge in [0.15, 0.2) is 0 Å². The Morgan fingerprint density at radius 1 is 1.10 bits per heavy atom. The van der Waals surface area contributed by atoms with Gasteiger partial charge in [-0.15, -0.1) is 5.10 Å². The van der Waals surface area contributed by atoms with Crippen LogP contribution in [-0.2, 0) is 4.74 Å². The molecule has 2 aliphatic heterocycles. The first-order valence-corrected chi connectivity index (χ1v) is 10.0. The SMILES string of the molecule is Cc1cc(Nc2ncn(-c3cccnc3)n2)cc(N2CCN(C3COC3)CC2)c1.[HH]. The number of benzene rings is 1. The predicted molar refractivity (Wildman–Crippen MR) is 114 cm³/mol. The number of hydrogen-bond donors (Lipinski definition) is 1. The minimum absolute atomic E-state index is 0. The molecule has 8 nitrogen and oxygen atoms in total. The molecule has 0 radical (unpaired) electrons. The Morgan fingerprint density at radius 2 is 1.97 bits per heavy atom. The molecule has 152 valence electrons. The van der Waals surface area contributed by atoms with Gasteiger partial charge < -0.3 is 15.0 Å². The minimum Gasteiger partial charge on any atom is -0.378 e. The molecule has 0 aliphatic carbocycles. The molecule has 0 amide bonds. The lowest BCUT2D eigenvalue weighted by Crippen LogP contribution is -2.56. The summed E-state index contributed by atoms with van der Waals surface area (Å²) >= 11 is 0. The largest absolute Gasteiger partial charge is 0.378 e. The van der Waals surface area contributed by atoms with Gasteiger partial charge in [-0.25, -0.2) is 4.68 Å². The zero-order chi connectivity index (χ0) is 19.6. The Hall–Kier alpha value is -2.97. The number of anilines is 3. The van der Waals surface area contributed by atoms with Crippen molar-refractivity contribution in [3.05, 3.63) is 54.6 Å². The average molecular weight is 393 g/mol. The summed E-state index contributed by atoms with van der Waals surface area (Å²) in [6.07, 6.45) is 5.20. The van der Waals surface area contributed by atoms with E-state index in [-0.39, 0.29) is 1.43 Å². The van der Waals surface area contributed by atoms with Crippen LogP contribution in [0.5, 0.6) is 0 Å². The Bertz CT molecular complexity index is 968. The van der Waals surface area contributed by atoms with Crippen LogP contribution in [-0.4, -0.2) is 70.1 Å². The molecule has 29 heavy (non-hydrogen) atoms. The van der Waals surface area contributed by atoms with Crippen LogP contribution in [0.1, 0.15) is 6.99 Å². The Morgan fingerprint density at radius 3 is 2.69 bits per heavy atom. The monoisotopic (exact) mass is 393 g/mol. The van der Waals surface area contributed by atoms with Gasteiger partial charge in [0.25, 0.3) is 0 Å². The lowest BCUT2D eigenvalue weighted by Gasteiger charge is -2.43. The van der Waals surface area contributed by atoms with Crippen molar-refractivity contribution in [2.45, 2.75) is 13.0 Å². The van der Waals surface area contributed by atoms with Crippen molar-refractivity contribution < 1.29 is 6.16 Å². The second-order valence-electron chi connectivity index (χ2n) is 7.62. The van der Waals surface area contributed by atoms with Gasteiger partial charge in [-0.05, 0) is 42.8 Å². The first-order chi connectivity index (χ1) is 14.2. The van der Waals surface area contributed by atoms with E-state index in [1.54, 1.807) is 23.4 Å². The van der Waals surface area contributed by atoms with Gasteiger partial charge in [-0.3, -0.25) is 9.88 Å². The number of pyridine rings is 1. The molecule has 1 N–H and O–H groups in total. The van der Waals surface area contributed by atoms with E-state index in [9.17, 15) is 0 Å². The number of hydrogen-bond acceptors (Lipinski definition) is 7. The second-order valence-corrected chi connectivity index (χ2v) is 7.62. The van der Waals surface area contributed by atoms with E-state index >= 15 is 0 Å². The number of aryl methyl sites for hydroxylation is 1. The lowest BCUT2D eigenvalue weighted by atomic mass is 10.1. The summed E-state index contributed by atoms with van der Waals surface area (Å²) in [6, 6.07) is 11.0. The highest BCUT2D eigenvalue weighted by Gasteiger charge is 2.29. The van der Waals surface area contributed by atoms with Crippen LogP contribution in [0.2, 0.25) is 0 Å². The normalized spacial score (nSPS) is 17.9. The van der Waals surface area contributed by atoms with E-state index in [1.807, 2.05) is 12.1 Å². The van der Waals surface area contributed by atoms with Crippen LogP contribution in [0.4, 0.5) is 17.3 Å². The molecule has 0 bridgehead atoms. The van der Waals surface area contributed by atoms with Crippen molar-refractivity contribution in [2.75, 3.05) is 49.6 Å². The quantitative estimate of drug-likeness (QED) is 0.714. The summed E-state index contributed by atoms with van der Waals surface area (Å²) in [7, 11) is 0. The molecular formula is C21H27N7O.